The van der Waals surface area contributed by atoms with Crippen LogP contribution in [0.25, 0.3) is 0 Å². The molecule has 2 aromatic rings. The lowest BCUT2D eigenvalue weighted by Crippen LogP contribution is -2.21. The quantitative estimate of drug-likeness (QED) is 0.788. The number of carbonyl (C=O) groups is 2. The van der Waals surface area contributed by atoms with Gasteiger partial charge in [0.1, 0.15) is 11.3 Å². The Morgan fingerprint density at radius 3 is 2.30 bits per heavy atom. The molecule has 0 spiro atoms. The van der Waals surface area contributed by atoms with Gasteiger partial charge in [-0.05, 0) is 24.3 Å². The second kappa shape index (κ2) is 7.55. The van der Waals surface area contributed by atoms with E-state index in [0.29, 0.717) is 5.02 Å². The first-order valence-corrected chi connectivity index (χ1v) is 7.41. The van der Waals surface area contributed by atoms with Crippen molar-refractivity contribution in [1.29, 1.82) is 0 Å². The fraction of sp³-hybridized carbons (Fsp3) is 0.0667. The van der Waals surface area contributed by atoms with Gasteiger partial charge in [0, 0.05) is 5.02 Å². The molecular formula is C15H10Cl3NO4. The smallest absolute Gasteiger partial charge is 0.342 e. The molecule has 0 radical (unpaired) electrons. The van der Waals surface area contributed by atoms with Crippen molar-refractivity contribution in [2.45, 2.75) is 0 Å². The van der Waals surface area contributed by atoms with Crippen molar-refractivity contribution in [2.75, 3.05) is 11.9 Å². The summed E-state index contributed by atoms with van der Waals surface area (Å²) in [5, 5.41) is 12.6. The Morgan fingerprint density at radius 2 is 1.70 bits per heavy atom. The van der Waals surface area contributed by atoms with Gasteiger partial charge in [0.15, 0.2) is 6.61 Å². The molecule has 0 atom stereocenters. The molecule has 120 valence electrons. The lowest BCUT2D eigenvalue weighted by Gasteiger charge is -2.10. The van der Waals surface area contributed by atoms with E-state index in [4.69, 9.17) is 39.5 Å². The number of phenols is 1. The van der Waals surface area contributed by atoms with Crippen molar-refractivity contribution in [3.05, 3.63) is 57.0 Å². The van der Waals surface area contributed by atoms with E-state index >= 15 is 0 Å². The number of halogens is 3. The van der Waals surface area contributed by atoms with E-state index < -0.39 is 18.5 Å². The number of esters is 1. The molecule has 0 aliphatic carbocycles. The van der Waals surface area contributed by atoms with Crippen LogP contribution in [0.15, 0.2) is 36.4 Å². The summed E-state index contributed by atoms with van der Waals surface area (Å²) in [6.45, 7) is -0.567. The summed E-state index contributed by atoms with van der Waals surface area (Å²) >= 11 is 17.6. The third-order valence-electron chi connectivity index (χ3n) is 2.73. The average Bonchev–Trinajstić information content (AvgIpc) is 2.49. The first kappa shape index (κ1) is 17.4. The Balaban J connectivity index is 1.99. The number of para-hydroxylation sites is 1. The summed E-state index contributed by atoms with van der Waals surface area (Å²) in [6, 6.07) is 8.66. The first-order chi connectivity index (χ1) is 10.9. The zero-order chi connectivity index (χ0) is 17.0. The zero-order valence-electron chi connectivity index (χ0n) is 11.5. The van der Waals surface area contributed by atoms with Crippen LogP contribution >= 0.6 is 34.8 Å². The van der Waals surface area contributed by atoms with Crippen LogP contribution in [0.3, 0.4) is 0 Å². The van der Waals surface area contributed by atoms with E-state index in [0.717, 1.165) is 0 Å². The summed E-state index contributed by atoms with van der Waals surface area (Å²) < 4.78 is 4.82. The maximum atomic E-state index is 11.8. The van der Waals surface area contributed by atoms with E-state index in [9.17, 15) is 14.7 Å². The lowest BCUT2D eigenvalue weighted by atomic mass is 10.2. The number of ether oxygens (including phenoxy) is 1. The molecule has 0 bridgehead atoms. The highest BCUT2D eigenvalue weighted by molar-refractivity contribution is 6.42. The molecule has 0 saturated carbocycles. The van der Waals surface area contributed by atoms with Crippen molar-refractivity contribution in [2.24, 2.45) is 0 Å². The summed E-state index contributed by atoms with van der Waals surface area (Å²) in [5.74, 6) is -1.70. The highest BCUT2D eigenvalue weighted by Gasteiger charge is 2.15. The minimum atomic E-state index is -0.827. The van der Waals surface area contributed by atoms with Gasteiger partial charge in [0.25, 0.3) is 5.91 Å². The van der Waals surface area contributed by atoms with Crippen molar-refractivity contribution in [1.82, 2.24) is 0 Å². The monoisotopic (exact) mass is 373 g/mol. The minimum absolute atomic E-state index is 0.0390. The van der Waals surface area contributed by atoms with Crippen LogP contribution in [0.2, 0.25) is 15.1 Å². The Bertz CT molecular complexity index is 741. The normalized spacial score (nSPS) is 10.2. The number of nitrogens with one attached hydrogen (secondary N) is 1. The molecule has 0 aliphatic heterocycles. The van der Waals surface area contributed by atoms with E-state index in [2.05, 4.69) is 5.32 Å². The molecule has 2 N–H and O–H groups in total. The molecule has 0 aromatic heterocycles. The van der Waals surface area contributed by atoms with Gasteiger partial charge in [-0.1, -0.05) is 46.9 Å². The molecule has 0 fully saturated rings. The fourth-order valence-corrected chi connectivity index (χ4v) is 2.60. The largest absolute Gasteiger partial charge is 0.507 e. The van der Waals surface area contributed by atoms with Crippen molar-refractivity contribution >= 4 is 52.4 Å². The van der Waals surface area contributed by atoms with Crippen molar-refractivity contribution in [3.8, 4) is 5.75 Å². The van der Waals surface area contributed by atoms with E-state index in [-0.39, 0.29) is 27.0 Å². The third kappa shape index (κ3) is 4.51. The molecule has 0 heterocycles. The van der Waals surface area contributed by atoms with Gasteiger partial charge in [0.05, 0.1) is 15.7 Å². The van der Waals surface area contributed by atoms with Gasteiger partial charge in [0.2, 0.25) is 0 Å². The van der Waals surface area contributed by atoms with Crippen molar-refractivity contribution in [3.63, 3.8) is 0 Å². The van der Waals surface area contributed by atoms with E-state index in [1.807, 2.05) is 0 Å². The van der Waals surface area contributed by atoms with Crippen LogP contribution in [0.1, 0.15) is 10.4 Å². The van der Waals surface area contributed by atoms with Gasteiger partial charge in [-0.15, -0.1) is 0 Å². The number of hydrogen-bond acceptors (Lipinski definition) is 4. The van der Waals surface area contributed by atoms with Crippen molar-refractivity contribution < 1.29 is 19.4 Å². The molecule has 1 amide bonds. The van der Waals surface area contributed by atoms with Crippen LogP contribution in [-0.2, 0) is 9.53 Å². The predicted octanol–water partition coefficient (Wildman–Crippen LogP) is 4.15. The van der Waals surface area contributed by atoms with E-state index in [1.165, 1.54) is 24.3 Å². The number of anilines is 1. The topological polar surface area (TPSA) is 75.6 Å². The molecule has 0 aliphatic rings. The molecule has 5 nitrogen and oxygen atoms in total. The summed E-state index contributed by atoms with van der Waals surface area (Å²) in [5.41, 5.74) is 0.129. The number of phenolic OH excluding ortho intramolecular Hbond substituents is 1. The second-order valence-corrected chi connectivity index (χ2v) is 5.64. The average molecular weight is 375 g/mol. The number of carbonyl (C=O) groups excluding carboxylic acids is 2. The minimum Gasteiger partial charge on any atom is -0.507 e. The number of amides is 1. The standard InChI is InChI=1S/C15H10Cl3NO4/c16-8-5-10(17)14(11(18)6-8)19-13(21)7-23-15(22)9-3-1-2-4-12(9)20/h1-6,20H,7H2,(H,19,21). The highest BCUT2D eigenvalue weighted by atomic mass is 35.5. The molecule has 0 saturated heterocycles. The SMILES string of the molecule is O=C(COC(=O)c1ccccc1O)Nc1c(Cl)cc(Cl)cc1Cl. The Kier molecular flexibility index (Phi) is 5.71. The molecular weight excluding hydrogens is 365 g/mol. The van der Waals surface area contributed by atoms with Gasteiger partial charge in [-0.25, -0.2) is 4.79 Å². The van der Waals surface area contributed by atoms with Crippen LogP contribution in [0.5, 0.6) is 5.75 Å². The fourth-order valence-electron chi connectivity index (χ4n) is 1.69. The Labute approximate surface area is 146 Å². The maximum absolute atomic E-state index is 11.8. The van der Waals surface area contributed by atoms with Gasteiger partial charge >= 0.3 is 5.97 Å². The summed E-state index contributed by atoms with van der Waals surface area (Å²) in [4.78, 5) is 23.6. The van der Waals surface area contributed by atoms with Crippen LogP contribution in [0, 0.1) is 0 Å². The predicted molar refractivity (Wildman–Crippen MR) is 88.5 cm³/mol. The lowest BCUT2D eigenvalue weighted by molar-refractivity contribution is -0.119. The highest BCUT2D eigenvalue weighted by Crippen LogP contribution is 2.33. The number of aromatic hydroxyl groups is 1. The third-order valence-corrected chi connectivity index (χ3v) is 3.54. The summed E-state index contributed by atoms with van der Waals surface area (Å²) in [7, 11) is 0. The molecule has 8 heteroatoms. The molecule has 2 aromatic carbocycles. The maximum Gasteiger partial charge on any atom is 0.342 e. The Hall–Kier alpha value is -1.95. The number of rotatable bonds is 4. The van der Waals surface area contributed by atoms with Gasteiger partial charge in [-0.2, -0.15) is 0 Å². The number of hydrogen-bond donors (Lipinski definition) is 2. The van der Waals surface area contributed by atoms with Crippen LogP contribution in [-0.4, -0.2) is 23.6 Å². The van der Waals surface area contributed by atoms with Gasteiger partial charge < -0.3 is 15.2 Å². The van der Waals surface area contributed by atoms with E-state index in [1.54, 1.807) is 12.1 Å². The van der Waals surface area contributed by atoms with Crippen LogP contribution < -0.4 is 5.32 Å². The second-order valence-electron chi connectivity index (χ2n) is 4.39. The van der Waals surface area contributed by atoms with Gasteiger partial charge in [-0.3, -0.25) is 4.79 Å². The van der Waals surface area contributed by atoms with Crippen LogP contribution in [0.4, 0.5) is 5.69 Å². The number of benzene rings is 2. The molecule has 0 unspecified atom stereocenters. The first-order valence-electron chi connectivity index (χ1n) is 6.28. The molecule has 23 heavy (non-hydrogen) atoms. The zero-order valence-corrected chi connectivity index (χ0v) is 13.7. The Morgan fingerprint density at radius 1 is 1.09 bits per heavy atom. The summed E-state index contributed by atoms with van der Waals surface area (Å²) in [6.07, 6.45) is 0. The molecule has 2 rings (SSSR count).